The lowest BCUT2D eigenvalue weighted by Gasteiger charge is -2.18. The van der Waals surface area contributed by atoms with Crippen LogP contribution < -0.4 is 10.1 Å². The first-order valence-corrected chi connectivity index (χ1v) is 9.23. The van der Waals surface area contributed by atoms with E-state index in [4.69, 9.17) is 4.74 Å². The zero-order valence-corrected chi connectivity index (χ0v) is 13.7. The highest BCUT2D eigenvalue weighted by atomic mass is 32.2. The molecule has 1 atom stereocenters. The van der Waals surface area contributed by atoms with Crippen molar-refractivity contribution in [3.8, 4) is 5.75 Å². The number of nitrogens with one attached hydrogen (secondary N) is 1. The Morgan fingerprint density at radius 1 is 1.29 bits per heavy atom. The first kappa shape index (κ1) is 16.0. The van der Waals surface area contributed by atoms with Crippen molar-refractivity contribution < 1.29 is 13.2 Å². The molecule has 1 heterocycles. The van der Waals surface area contributed by atoms with Gasteiger partial charge in [-0.2, -0.15) is 0 Å². The van der Waals surface area contributed by atoms with Crippen LogP contribution in [0.5, 0.6) is 5.75 Å². The molecule has 21 heavy (non-hydrogen) atoms. The molecule has 1 aromatic carbocycles. The maximum atomic E-state index is 12.4. The van der Waals surface area contributed by atoms with E-state index in [-0.39, 0.29) is 11.8 Å². The second kappa shape index (κ2) is 7.06. The Balaban J connectivity index is 2.27. The van der Waals surface area contributed by atoms with Crippen molar-refractivity contribution in [2.75, 3.05) is 19.4 Å². The van der Waals surface area contributed by atoms with Crippen LogP contribution in [0.1, 0.15) is 18.5 Å². The SMILES string of the molecule is CCNC(CS(=O)(=O)c1cccs1)c1cccc(OC)c1. The van der Waals surface area contributed by atoms with Crippen LogP contribution in [0.25, 0.3) is 0 Å². The average Bonchev–Trinajstić information content (AvgIpc) is 3.02. The van der Waals surface area contributed by atoms with Crippen LogP contribution >= 0.6 is 11.3 Å². The molecule has 2 rings (SSSR count). The summed E-state index contributed by atoms with van der Waals surface area (Å²) in [5.41, 5.74) is 0.913. The first-order valence-electron chi connectivity index (χ1n) is 6.70. The van der Waals surface area contributed by atoms with Crippen molar-refractivity contribution >= 4 is 21.2 Å². The van der Waals surface area contributed by atoms with Gasteiger partial charge in [0.1, 0.15) is 9.96 Å². The van der Waals surface area contributed by atoms with E-state index in [2.05, 4.69) is 5.32 Å². The van der Waals surface area contributed by atoms with Crippen LogP contribution in [0.2, 0.25) is 0 Å². The Kier molecular flexibility index (Phi) is 5.39. The molecule has 0 aliphatic heterocycles. The maximum absolute atomic E-state index is 12.4. The van der Waals surface area contributed by atoms with Crippen LogP contribution in [0.3, 0.4) is 0 Å². The Morgan fingerprint density at radius 3 is 2.71 bits per heavy atom. The van der Waals surface area contributed by atoms with E-state index in [1.807, 2.05) is 31.2 Å². The summed E-state index contributed by atoms with van der Waals surface area (Å²) in [6.45, 7) is 2.66. The largest absolute Gasteiger partial charge is 0.497 e. The lowest BCUT2D eigenvalue weighted by Crippen LogP contribution is -2.28. The van der Waals surface area contributed by atoms with Gasteiger partial charge in [0.05, 0.1) is 12.9 Å². The van der Waals surface area contributed by atoms with Crippen LogP contribution in [-0.4, -0.2) is 27.8 Å². The predicted molar refractivity (Wildman–Crippen MR) is 85.8 cm³/mol. The van der Waals surface area contributed by atoms with Crippen molar-refractivity contribution in [3.05, 3.63) is 47.3 Å². The molecule has 0 radical (unpaired) electrons. The summed E-state index contributed by atoms with van der Waals surface area (Å²) in [5, 5.41) is 5.02. The molecule has 0 bridgehead atoms. The van der Waals surface area contributed by atoms with Crippen LogP contribution in [0.15, 0.2) is 46.0 Å². The lowest BCUT2D eigenvalue weighted by atomic mass is 10.1. The van der Waals surface area contributed by atoms with E-state index in [1.54, 1.807) is 24.6 Å². The van der Waals surface area contributed by atoms with E-state index in [0.717, 1.165) is 11.3 Å². The van der Waals surface area contributed by atoms with Crippen molar-refractivity contribution in [1.29, 1.82) is 0 Å². The Bertz CT molecular complexity index is 666. The number of benzene rings is 1. The van der Waals surface area contributed by atoms with E-state index in [1.165, 1.54) is 11.3 Å². The molecule has 0 aliphatic rings. The second-order valence-electron chi connectivity index (χ2n) is 4.60. The van der Waals surface area contributed by atoms with Gasteiger partial charge in [-0.1, -0.05) is 25.1 Å². The second-order valence-corrected chi connectivity index (χ2v) is 7.81. The minimum Gasteiger partial charge on any atom is -0.497 e. The quantitative estimate of drug-likeness (QED) is 0.850. The number of hydrogen-bond donors (Lipinski definition) is 1. The fourth-order valence-corrected chi connectivity index (χ4v) is 4.72. The van der Waals surface area contributed by atoms with Crippen LogP contribution in [-0.2, 0) is 9.84 Å². The highest BCUT2D eigenvalue weighted by molar-refractivity contribution is 7.93. The highest BCUT2D eigenvalue weighted by Crippen LogP contribution is 2.25. The summed E-state index contributed by atoms with van der Waals surface area (Å²) < 4.78 is 30.5. The number of methoxy groups -OCH3 is 1. The standard InChI is InChI=1S/C15H19NO3S2/c1-3-16-14(12-6-4-7-13(10-12)19-2)11-21(17,18)15-8-5-9-20-15/h4-10,14,16H,3,11H2,1-2H3. The number of sulfone groups is 1. The minimum atomic E-state index is -3.29. The van der Waals surface area contributed by atoms with E-state index < -0.39 is 9.84 Å². The molecule has 1 aromatic heterocycles. The number of hydrogen-bond acceptors (Lipinski definition) is 5. The fraction of sp³-hybridized carbons (Fsp3) is 0.333. The molecule has 4 nitrogen and oxygen atoms in total. The maximum Gasteiger partial charge on any atom is 0.189 e. The average molecular weight is 325 g/mol. The molecule has 6 heteroatoms. The molecule has 0 spiro atoms. The summed E-state index contributed by atoms with van der Waals surface area (Å²) in [6.07, 6.45) is 0. The normalized spacial score (nSPS) is 13.0. The van der Waals surface area contributed by atoms with Crippen LogP contribution in [0, 0.1) is 0 Å². The number of rotatable bonds is 7. The van der Waals surface area contributed by atoms with Gasteiger partial charge in [0.2, 0.25) is 0 Å². The summed E-state index contributed by atoms with van der Waals surface area (Å²) in [6, 6.07) is 10.7. The summed E-state index contributed by atoms with van der Waals surface area (Å²) in [5.74, 6) is 0.762. The zero-order valence-electron chi connectivity index (χ0n) is 12.1. The molecule has 1 unspecified atom stereocenters. The Labute approximate surface area is 129 Å². The van der Waals surface area contributed by atoms with Gasteiger partial charge < -0.3 is 10.1 Å². The molecule has 114 valence electrons. The van der Waals surface area contributed by atoms with Gasteiger partial charge in [-0.05, 0) is 35.7 Å². The van der Waals surface area contributed by atoms with Gasteiger partial charge in [0.25, 0.3) is 0 Å². The Hall–Kier alpha value is -1.37. The first-order chi connectivity index (χ1) is 10.1. The Morgan fingerprint density at radius 2 is 2.10 bits per heavy atom. The van der Waals surface area contributed by atoms with E-state index >= 15 is 0 Å². The van der Waals surface area contributed by atoms with Crippen molar-refractivity contribution in [2.45, 2.75) is 17.2 Å². The van der Waals surface area contributed by atoms with Gasteiger partial charge in [-0.25, -0.2) is 8.42 Å². The lowest BCUT2D eigenvalue weighted by molar-refractivity contribution is 0.413. The third kappa shape index (κ3) is 4.06. The minimum absolute atomic E-state index is 0.0362. The molecule has 0 amide bonds. The molecule has 1 N–H and O–H groups in total. The smallest absolute Gasteiger partial charge is 0.189 e. The number of ether oxygens (including phenoxy) is 1. The molecule has 2 aromatic rings. The van der Waals surface area contributed by atoms with E-state index in [0.29, 0.717) is 10.8 Å². The van der Waals surface area contributed by atoms with Crippen LogP contribution in [0.4, 0.5) is 0 Å². The summed E-state index contributed by atoms with van der Waals surface area (Å²) >= 11 is 1.25. The van der Waals surface area contributed by atoms with Crippen molar-refractivity contribution in [2.24, 2.45) is 0 Å². The van der Waals surface area contributed by atoms with Gasteiger partial charge >= 0.3 is 0 Å². The monoisotopic (exact) mass is 325 g/mol. The van der Waals surface area contributed by atoms with Gasteiger partial charge in [0.15, 0.2) is 9.84 Å². The molecule has 0 saturated heterocycles. The van der Waals surface area contributed by atoms with Gasteiger partial charge in [-0.15, -0.1) is 11.3 Å². The van der Waals surface area contributed by atoms with Gasteiger partial charge in [0, 0.05) is 6.04 Å². The zero-order chi connectivity index (χ0) is 15.3. The summed E-state index contributed by atoms with van der Waals surface area (Å²) in [7, 11) is -1.69. The molecule has 0 saturated carbocycles. The number of thiophene rings is 1. The van der Waals surface area contributed by atoms with Crippen molar-refractivity contribution in [3.63, 3.8) is 0 Å². The molecular weight excluding hydrogens is 306 g/mol. The fourth-order valence-electron chi connectivity index (χ4n) is 2.12. The third-order valence-corrected chi connectivity index (χ3v) is 6.37. The topological polar surface area (TPSA) is 55.4 Å². The third-order valence-electron chi connectivity index (χ3n) is 3.13. The van der Waals surface area contributed by atoms with E-state index in [9.17, 15) is 8.42 Å². The highest BCUT2D eigenvalue weighted by Gasteiger charge is 2.23. The molecular formula is C15H19NO3S2. The predicted octanol–water partition coefficient (Wildman–Crippen LogP) is 2.88. The molecule has 0 aliphatic carbocycles. The van der Waals surface area contributed by atoms with Gasteiger partial charge in [-0.3, -0.25) is 0 Å². The summed E-state index contributed by atoms with van der Waals surface area (Å²) in [4.78, 5) is 0. The molecule has 0 fully saturated rings. The van der Waals surface area contributed by atoms with Crippen molar-refractivity contribution in [1.82, 2.24) is 5.32 Å².